The average Bonchev–Trinajstić information content (AvgIpc) is 3.00. The minimum absolute atomic E-state index is 0.00885. The Morgan fingerprint density at radius 1 is 0.674 bits per heavy atom. The fourth-order valence-electron chi connectivity index (χ4n) is 4.69. The molecule has 2 atom stereocenters. The van der Waals surface area contributed by atoms with Gasteiger partial charge in [0.05, 0.1) is 40.3 Å². The third-order valence-electron chi connectivity index (χ3n) is 7.46. The highest BCUT2D eigenvalue weighted by atomic mass is 16.6. The van der Waals surface area contributed by atoms with Gasteiger partial charge in [-0.1, -0.05) is 94.6 Å². The van der Waals surface area contributed by atoms with Gasteiger partial charge in [0.1, 0.15) is 12.6 Å². The van der Waals surface area contributed by atoms with E-state index < -0.39 is 18.1 Å². The van der Waals surface area contributed by atoms with Gasteiger partial charge in [-0.25, -0.2) is 0 Å². The van der Waals surface area contributed by atoms with Crippen molar-refractivity contribution in [2.45, 2.75) is 135 Å². The van der Waals surface area contributed by atoms with Crippen LogP contribution in [0.15, 0.2) is 48.6 Å². The molecule has 0 aromatic heterocycles. The van der Waals surface area contributed by atoms with Gasteiger partial charge < -0.3 is 28.6 Å². The number of carboxylic acid groups (broad SMARTS) is 1. The van der Waals surface area contributed by atoms with Crippen LogP contribution in [0.3, 0.4) is 0 Å². The van der Waals surface area contributed by atoms with Crippen LogP contribution in [0.5, 0.6) is 0 Å². The lowest BCUT2D eigenvalue weighted by atomic mass is 10.1. The predicted octanol–water partition coefficient (Wildman–Crippen LogP) is 7.18. The number of likely N-dealkylation sites (N-methyl/N-ethyl adjacent to an activating group) is 1. The molecule has 0 radical (unpaired) electrons. The zero-order valence-electron chi connectivity index (χ0n) is 29.7. The summed E-state index contributed by atoms with van der Waals surface area (Å²) in [6.45, 7) is 4.39. The van der Waals surface area contributed by atoms with Gasteiger partial charge in [-0.2, -0.15) is 0 Å². The molecule has 0 aromatic rings. The Labute approximate surface area is 280 Å². The van der Waals surface area contributed by atoms with E-state index in [0.717, 1.165) is 38.5 Å². The number of allylic oxidation sites excluding steroid dienone is 8. The Morgan fingerprint density at radius 2 is 1.26 bits per heavy atom. The van der Waals surface area contributed by atoms with Crippen molar-refractivity contribution in [2.24, 2.45) is 0 Å². The van der Waals surface area contributed by atoms with Crippen LogP contribution in [-0.2, 0) is 28.6 Å². The highest BCUT2D eigenvalue weighted by Crippen LogP contribution is 2.10. The first-order valence-electron chi connectivity index (χ1n) is 17.7. The molecular weight excluding hydrogens is 582 g/mol. The smallest absolute Gasteiger partial charge is 0.306 e. The first-order chi connectivity index (χ1) is 22.1. The number of ether oxygens (including phenoxy) is 3. The second-order valence-corrected chi connectivity index (χ2v) is 12.7. The van der Waals surface area contributed by atoms with Crippen LogP contribution in [0.2, 0.25) is 0 Å². The lowest BCUT2D eigenvalue weighted by molar-refractivity contribution is -0.889. The number of hydrogen-bond acceptors (Lipinski definition) is 7. The third kappa shape index (κ3) is 27.6. The van der Waals surface area contributed by atoms with Crippen LogP contribution in [-0.4, -0.2) is 75.5 Å². The van der Waals surface area contributed by atoms with Gasteiger partial charge in [0.25, 0.3) is 0 Å². The van der Waals surface area contributed by atoms with Crippen LogP contribution >= 0.6 is 0 Å². The molecule has 0 aliphatic carbocycles. The van der Waals surface area contributed by atoms with Crippen molar-refractivity contribution in [1.29, 1.82) is 0 Å². The van der Waals surface area contributed by atoms with E-state index in [0.29, 0.717) is 12.8 Å². The maximum absolute atomic E-state index is 12.5. The summed E-state index contributed by atoms with van der Waals surface area (Å²) in [5.41, 5.74) is 0. The van der Waals surface area contributed by atoms with Gasteiger partial charge in [0.2, 0.25) is 0 Å². The first kappa shape index (κ1) is 43.3. The van der Waals surface area contributed by atoms with Crippen molar-refractivity contribution < 1.29 is 38.2 Å². The van der Waals surface area contributed by atoms with Gasteiger partial charge in [0, 0.05) is 19.3 Å². The normalized spacial score (nSPS) is 13.7. The summed E-state index contributed by atoms with van der Waals surface area (Å²) in [5.74, 6) is -1.88. The first-order valence-corrected chi connectivity index (χ1v) is 17.7. The number of esters is 2. The molecule has 264 valence electrons. The molecule has 0 spiro atoms. The van der Waals surface area contributed by atoms with Gasteiger partial charge >= 0.3 is 11.9 Å². The highest BCUT2D eigenvalue weighted by Gasteiger charge is 2.25. The standard InChI is InChI=1S/C38H65NO7/c1-6-8-10-12-14-16-17-18-19-21-22-24-26-28-36(40)45-33-34(32-44-31-30-35(38(42)43)39(3,4)5)46-37(41)29-27-25-23-20-15-13-11-9-7-2/h9,11,15,18-20,22,24,34-35H,6-8,10,12-14,16-17,21,23,25-33H2,1-5H3/b11-9+,19-18+,20-15+,24-22+. The molecule has 0 fully saturated rings. The minimum Gasteiger partial charge on any atom is -0.544 e. The Kier molecular flexibility index (Phi) is 27.9. The van der Waals surface area contributed by atoms with E-state index in [4.69, 9.17) is 14.2 Å². The zero-order valence-corrected chi connectivity index (χ0v) is 29.7. The van der Waals surface area contributed by atoms with Crippen molar-refractivity contribution in [1.82, 2.24) is 0 Å². The molecule has 8 heteroatoms. The maximum Gasteiger partial charge on any atom is 0.306 e. The topological polar surface area (TPSA) is 102 Å². The molecule has 0 saturated carbocycles. The van der Waals surface area contributed by atoms with E-state index in [-0.39, 0.29) is 55.5 Å². The van der Waals surface area contributed by atoms with Crippen molar-refractivity contribution in [2.75, 3.05) is 41.0 Å². The second kappa shape index (κ2) is 29.7. The Morgan fingerprint density at radius 3 is 1.87 bits per heavy atom. The lowest BCUT2D eigenvalue weighted by Gasteiger charge is -2.34. The molecule has 0 saturated heterocycles. The number of rotatable bonds is 30. The largest absolute Gasteiger partial charge is 0.544 e. The predicted molar refractivity (Wildman–Crippen MR) is 185 cm³/mol. The second-order valence-electron chi connectivity index (χ2n) is 12.7. The molecular formula is C38H65NO7. The number of carboxylic acids is 1. The van der Waals surface area contributed by atoms with Gasteiger partial charge in [0.15, 0.2) is 6.10 Å². The van der Waals surface area contributed by atoms with E-state index in [1.54, 1.807) is 21.1 Å². The summed E-state index contributed by atoms with van der Waals surface area (Å²) in [7, 11) is 5.35. The molecule has 0 aromatic carbocycles. The molecule has 0 bridgehead atoms. The Balaban J connectivity index is 4.57. The summed E-state index contributed by atoms with van der Waals surface area (Å²) in [4.78, 5) is 36.4. The fourth-order valence-corrected chi connectivity index (χ4v) is 4.69. The fraction of sp³-hybridized carbons (Fsp3) is 0.711. The quantitative estimate of drug-likeness (QED) is 0.0352. The molecule has 8 nitrogen and oxygen atoms in total. The molecule has 0 N–H and O–H groups in total. The number of hydrogen-bond donors (Lipinski definition) is 0. The van der Waals surface area contributed by atoms with E-state index in [1.165, 1.54) is 38.5 Å². The Bertz CT molecular complexity index is 901. The molecule has 46 heavy (non-hydrogen) atoms. The zero-order chi connectivity index (χ0) is 34.3. The summed E-state index contributed by atoms with van der Waals surface area (Å²) >= 11 is 0. The van der Waals surface area contributed by atoms with Crippen LogP contribution in [0.25, 0.3) is 0 Å². The number of nitrogens with zero attached hydrogens (tertiary/aromatic N) is 1. The SMILES string of the molecule is CC/C=C/C/C=C/CCCCC(=O)OC(COCCC(C(=O)[O-])[N+](C)(C)C)COC(=O)CC/C=C/C/C=C/CCCCCCCC. The summed E-state index contributed by atoms with van der Waals surface area (Å²) < 4.78 is 16.9. The maximum atomic E-state index is 12.5. The van der Waals surface area contributed by atoms with Crippen molar-refractivity contribution in [3.8, 4) is 0 Å². The van der Waals surface area contributed by atoms with Gasteiger partial charge in [-0.15, -0.1) is 0 Å². The molecule has 0 aliphatic rings. The molecule has 0 amide bonds. The minimum atomic E-state index is -1.14. The summed E-state index contributed by atoms with van der Waals surface area (Å²) in [6, 6.07) is -0.737. The van der Waals surface area contributed by atoms with Gasteiger partial charge in [-0.3, -0.25) is 9.59 Å². The van der Waals surface area contributed by atoms with Crippen molar-refractivity contribution >= 4 is 17.9 Å². The Hall–Kier alpha value is -2.71. The van der Waals surface area contributed by atoms with Crippen LogP contribution in [0.1, 0.15) is 123 Å². The number of carbonyl (C=O) groups excluding carboxylic acids is 3. The highest BCUT2D eigenvalue weighted by molar-refractivity contribution is 5.70. The number of aliphatic carboxylic acids is 1. The van der Waals surface area contributed by atoms with Crippen LogP contribution < -0.4 is 5.11 Å². The third-order valence-corrected chi connectivity index (χ3v) is 7.46. The van der Waals surface area contributed by atoms with E-state index in [2.05, 4.69) is 56.4 Å². The van der Waals surface area contributed by atoms with Gasteiger partial charge in [-0.05, 0) is 57.8 Å². The number of unbranched alkanes of at least 4 members (excludes halogenated alkanes) is 8. The van der Waals surface area contributed by atoms with Crippen LogP contribution in [0, 0.1) is 0 Å². The number of carbonyl (C=O) groups is 3. The van der Waals surface area contributed by atoms with Crippen LogP contribution in [0.4, 0.5) is 0 Å². The van der Waals surface area contributed by atoms with E-state index in [9.17, 15) is 19.5 Å². The molecule has 0 rings (SSSR count). The summed E-state index contributed by atoms with van der Waals surface area (Å²) in [6.07, 6.45) is 31.7. The van der Waals surface area contributed by atoms with E-state index in [1.807, 2.05) is 6.08 Å². The summed E-state index contributed by atoms with van der Waals surface area (Å²) in [5, 5.41) is 11.5. The van der Waals surface area contributed by atoms with Crippen molar-refractivity contribution in [3.63, 3.8) is 0 Å². The number of quaternary nitrogens is 1. The average molecular weight is 648 g/mol. The lowest BCUT2D eigenvalue weighted by Crippen LogP contribution is -2.55. The molecule has 0 heterocycles. The molecule has 0 aliphatic heterocycles. The molecule has 2 unspecified atom stereocenters. The van der Waals surface area contributed by atoms with Crippen molar-refractivity contribution in [3.05, 3.63) is 48.6 Å². The monoisotopic (exact) mass is 647 g/mol. The van der Waals surface area contributed by atoms with E-state index >= 15 is 0 Å².